The van der Waals surface area contributed by atoms with Gasteiger partial charge in [0.15, 0.2) is 5.65 Å². The lowest BCUT2D eigenvalue weighted by molar-refractivity contribution is 0.0955. The Morgan fingerprint density at radius 3 is 2.53 bits per heavy atom. The number of benzene rings is 1. The van der Waals surface area contributed by atoms with Gasteiger partial charge in [-0.15, -0.1) is 0 Å². The summed E-state index contributed by atoms with van der Waals surface area (Å²) in [5.74, 6) is 1.55. The summed E-state index contributed by atoms with van der Waals surface area (Å²) in [5.41, 5.74) is 3.01. The molecule has 2 aromatic heterocycles. The maximum atomic E-state index is 12.5. The molecule has 1 fully saturated rings. The zero-order chi connectivity index (χ0) is 25.9. The van der Waals surface area contributed by atoms with Crippen LogP contribution < -0.4 is 9.74 Å². The average molecular weight is 504 g/mol. The molecule has 0 atom stereocenters. The van der Waals surface area contributed by atoms with E-state index in [1.165, 1.54) is 19.3 Å². The van der Waals surface area contributed by atoms with Crippen molar-refractivity contribution in [2.45, 2.75) is 77.0 Å². The Hall–Kier alpha value is -3.18. The number of pyridine rings is 1. The van der Waals surface area contributed by atoms with Gasteiger partial charge in [0.1, 0.15) is 17.1 Å². The number of hydrogen-bond donors (Lipinski definition) is 1. The van der Waals surface area contributed by atoms with E-state index in [4.69, 9.17) is 21.0 Å². The third-order valence-electron chi connectivity index (χ3n) is 7.53. The Kier molecular flexibility index (Phi) is 7.50. The van der Waals surface area contributed by atoms with Gasteiger partial charge in [0.2, 0.25) is 14.9 Å². The highest BCUT2D eigenvalue weighted by Crippen LogP contribution is 2.39. The molecule has 0 aliphatic heterocycles. The lowest BCUT2D eigenvalue weighted by atomic mass is 9.95. The van der Waals surface area contributed by atoms with E-state index in [-0.39, 0.29) is 17.5 Å². The molecule has 1 amide bonds. The van der Waals surface area contributed by atoms with Crippen LogP contribution in [0.2, 0.25) is 18.1 Å². The predicted molar refractivity (Wildman–Crippen MR) is 147 cm³/mol. The van der Waals surface area contributed by atoms with Crippen LogP contribution in [0.5, 0.6) is 5.75 Å². The maximum absolute atomic E-state index is 12.5. The fourth-order valence-electron chi connectivity index (χ4n) is 4.44. The number of rotatable bonds is 7. The fraction of sp³-hybridized carbons (Fsp3) is 0.500. The number of amides is 1. The number of carbonyl (C=O) groups excluding carboxylic acids is 1. The summed E-state index contributed by atoms with van der Waals surface area (Å²) < 4.78 is 8.76. The number of imidazole rings is 1. The molecule has 190 valence electrons. The van der Waals surface area contributed by atoms with E-state index < -0.39 is 8.32 Å². The van der Waals surface area contributed by atoms with Gasteiger partial charge in [-0.3, -0.25) is 4.79 Å². The average Bonchev–Trinajstić information content (AvgIpc) is 3.23. The van der Waals surface area contributed by atoms with Crippen LogP contribution >= 0.6 is 0 Å². The van der Waals surface area contributed by atoms with Gasteiger partial charge in [-0.25, -0.2) is 16.5 Å². The van der Waals surface area contributed by atoms with Crippen LogP contribution in [0.4, 0.5) is 0 Å². The zero-order valence-electron chi connectivity index (χ0n) is 22.1. The Morgan fingerprint density at radius 1 is 1.19 bits per heavy atom. The van der Waals surface area contributed by atoms with Crippen LogP contribution in [-0.2, 0) is 0 Å². The van der Waals surface area contributed by atoms with Crippen LogP contribution in [-0.4, -0.2) is 41.8 Å². The molecular formula is C28H37N5O2Si. The molecule has 0 bridgehead atoms. The van der Waals surface area contributed by atoms with E-state index in [1.807, 2.05) is 18.2 Å². The van der Waals surface area contributed by atoms with Crippen molar-refractivity contribution in [1.82, 2.24) is 19.9 Å². The van der Waals surface area contributed by atoms with Crippen molar-refractivity contribution in [1.29, 1.82) is 0 Å². The summed E-state index contributed by atoms with van der Waals surface area (Å²) in [7, 11) is -1.92. The maximum Gasteiger partial charge on any atom is 0.253 e. The highest BCUT2D eigenvalue weighted by molar-refractivity contribution is 6.74. The second-order valence-corrected chi connectivity index (χ2v) is 15.9. The van der Waals surface area contributed by atoms with E-state index in [2.05, 4.69) is 60.7 Å². The minimum Gasteiger partial charge on any atom is -0.544 e. The molecule has 1 N–H and O–H groups in total. The number of carbonyl (C=O) groups is 1. The first-order valence-corrected chi connectivity index (χ1v) is 15.8. The Balaban J connectivity index is 1.70. The van der Waals surface area contributed by atoms with Crippen molar-refractivity contribution in [3.05, 3.63) is 53.5 Å². The fourth-order valence-corrected chi connectivity index (χ4v) is 5.47. The van der Waals surface area contributed by atoms with E-state index >= 15 is 0 Å². The number of nitrogens with one attached hydrogen (secondary N) is 1. The summed E-state index contributed by atoms with van der Waals surface area (Å²) in [4.78, 5) is 25.5. The number of aromatic nitrogens is 3. The van der Waals surface area contributed by atoms with Gasteiger partial charge in [0, 0.05) is 17.8 Å². The van der Waals surface area contributed by atoms with Crippen molar-refractivity contribution in [2.24, 2.45) is 0 Å². The molecule has 7 nitrogen and oxygen atoms in total. The van der Waals surface area contributed by atoms with Gasteiger partial charge in [0.25, 0.3) is 5.91 Å². The van der Waals surface area contributed by atoms with Gasteiger partial charge >= 0.3 is 0 Å². The molecule has 3 aromatic rings. The topological polar surface area (TPSA) is 73.4 Å². The predicted octanol–water partition coefficient (Wildman–Crippen LogP) is 6.64. The van der Waals surface area contributed by atoms with E-state index in [0.29, 0.717) is 18.2 Å². The van der Waals surface area contributed by atoms with Gasteiger partial charge in [-0.1, -0.05) is 40.0 Å². The zero-order valence-corrected chi connectivity index (χ0v) is 23.1. The number of hydrogen-bond acceptors (Lipinski definition) is 4. The molecule has 1 aromatic carbocycles. The summed E-state index contributed by atoms with van der Waals surface area (Å²) in [5, 5.41) is 2.91. The second-order valence-electron chi connectivity index (χ2n) is 11.2. The third kappa shape index (κ3) is 5.46. The Bertz CT molecular complexity index is 1260. The number of nitrogens with zero attached hydrogens (tertiary/aromatic N) is 4. The van der Waals surface area contributed by atoms with Crippen molar-refractivity contribution in [2.75, 3.05) is 13.1 Å². The quantitative estimate of drug-likeness (QED) is 0.223. The van der Waals surface area contributed by atoms with Crippen molar-refractivity contribution in [3.63, 3.8) is 0 Å². The van der Waals surface area contributed by atoms with Crippen LogP contribution in [0, 0.1) is 6.57 Å². The van der Waals surface area contributed by atoms with Gasteiger partial charge in [0.05, 0.1) is 12.1 Å². The van der Waals surface area contributed by atoms with Gasteiger partial charge in [-0.2, -0.15) is 0 Å². The first-order valence-electron chi connectivity index (χ1n) is 12.9. The summed E-state index contributed by atoms with van der Waals surface area (Å²) >= 11 is 0. The third-order valence-corrected chi connectivity index (χ3v) is 11.9. The minimum absolute atomic E-state index is 0.131. The first-order chi connectivity index (χ1) is 17.1. The molecule has 0 spiro atoms. The highest BCUT2D eigenvalue weighted by Gasteiger charge is 2.39. The molecule has 0 saturated heterocycles. The van der Waals surface area contributed by atoms with Crippen LogP contribution in [0.1, 0.15) is 69.3 Å². The van der Waals surface area contributed by atoms with Crippen LogP contribution in [0.25, 0.3) is 27.4 Å². The van der Waals surface area contributed by atoms with E-state index in [0.717, 1.165) is 41.1 Å². The lowest BCUT2D eigenvalue weighted by Gasteiger charge is -2.36. The summed E-state index contributed by atoms with van der Waals surface area (Å²) in [6.07, 6.45) is 7.49. The van der Waals surface area contributed by atoms with Crippen molar-refractivity contribution in [3.8, 4) is 17.1 Å². The highest BCUT2D eigenvalue weighted by atomic mass is 28.4. The second kappa shape index (κ2) is 10.4. The van der Waals surface area contributed by atoms with E-state index in [9.17, 15) is 4.79 Å². The summed E-state index contributed by atoms with van der Waals surface area (Å²) in [6, 6.07) is 10.4. The monoisotopic (exact) mass is 503 g/mol. The SMILES string of the molecule is [C-]#[N+]CCNC(=O)c1cnc2c(c1)nc(-c1ccc(O[Si](C)(C)C(C)(C)C)cc1)n2C1CCCCC1. The largest absolute Gasteiger partial charge is 0.544 e. The standard InChI is InChI=1S/C28H37N5O2Si/c1-28(2,3)36(5,6)35-23-14-12-20(13-15-23)25-32-24-18-21(27(34)30-17-16-29-4)19-31-26(24)33(25)22-10-8-7-9-11-22/h12-15,18-19,22H,7-11,16-17H2,1-3,5-6H3,(H,30,34). The normalized spacial score (nSPS) is 15.0. The van der Waals surface area contributed by atoms with Crippen molar-refractivity contribution < 1.29 is 9.22 Å². The summed E-state index contributed by atoms with van der Waals surface area (Å²) in [6.45, 7) is 18.7. The lowest BCUT2D eigenvalue weighted by Crippen LogP contribution is -2.43. The van der Waals surface area contributed by atoms with Gasteiger partial charge in [-0.05, 0) is 61.3 Å². The molecule has 1 saturated carbocycles. The molecule has 0 radical (unpaired) electrons. The molecule has 1 aliphatic carbocycles. The number of fused-ring (bicyclic) bond motifs is 1. The Labute approximate surface area is 215 Å². The van der Waals surface area contributed by atoms with Crippen LogP contribution in [0.3, 0.4) is 0 Å². The molecule has 8 heteroatoms. The molecule has 0 unspecified atom stereocenters. The smallest absolute Gasteiger partial charge is 0.253 e. The van der Waals surface area contributed by atoms with Gasteiger partial charge < -0.3 is 19.2 Å². The molecule has 36 heavy (non-hydrogen) atoms. The molecule has 2 heterocycles. The Morgan fingerprint density at radius 2 is 1.89 bits per heavy atom. The first kappa shape index (κ1) is 25.9. The van der Waals surface area contributed by atoms with E-state index in [1.54, 1.807) is 6.20 Å². The minimum atomic E-state index is -1.92. The van der Waals surface area contributed by atoms with Crippen LogP contribution in [0.15, 0.2) is 36.5 Å². The molecule has 1 aliphatic rings. The molecular weight excluding hydrogens is 466 g/mol. The molecule has 4 rings (SSSR count). The van der Waals surface area contributed by atoms with Crippen molar-refractivity contribution >= 4 is 25.4 Å².